The molecule has 0 atom stereocenters. The van der Waals surface area contributed by atoms with E-state index in [0.717, 1.165) is 0 Å². The van der Waals surface area contributed by atoms with Gasteiger partial charge in [0, 0.05) is 0 Å². The van der Waals surface area contributed by atoms with Crippen molar-refractivity contribution in [2.24, 2.45) is 5.41 Å². The van der Waals surface area contributed by atoms with Crippen LogP contribution in [0.15, 0.2) is 60.7 Å². The van der Waals surface area contributed by atoms with E-state index in [-0.39, 0.29) is 0 Å². The molecule has 136 valence electrons. The van der Waals surface area contributed by atoms with Crippen LogP contribution in [0, 0.1) is 5.41 Å². The average Bonchev–Trinajstić information content (AvgIpc) is 2.63. The first kappa shape index (κ1) is 20.5. The molecule has 2 aromatic rings. The zero-order valence-corrected chi connectivity index (χ0v) is 24.7. The molecule has 0 N–H and O–H groups in total. The van der Waals surface area contributed by atoms with Gasteiger partial charge in [0.1, 0.15) is 0 Å². The maximum atomic E-state index is 2.63. The fourth-order valence-corrected chi connectivity index (χ4v) is 22.3. The fourth-order valence-electron chi connectivity index (χ4n) is 5.58. The Morgan fingerprint density at radius 3 is 1.46 bits per heavy atom. The minimum atomic E-state index is -1.39. The summed E-state index contributed by atoms with van der Waals surface area (Å²) in [7, 11) is -2.79. The molecule has 0 aliphatic carbocycles. The number of hydrogen-bond donors (Lipinski definition) is 0. The average molecular weight is 567 g/mol. The van der Waals surface area contributed by atoms with E-state index in [4.69, 9.17) is 0 Å². The van der Waals surface area contributed by atoms with Gasteiger partial charge in [-0.3, -0.25) is 0 Å². The van der Waals surface area contributed by atoms with E-state index in [1.165, 1.54) is 12.1 Å². The van der Waals surface area contributed by atoms with Gasteiger partial charge in [-0.25, -0.2) is 0 Å². The SMILES string of the molecule is C[Si](C)(CC1(C[Si](C)(C)c2ccccc2)C[CH2][Hg][CH2]C1)c1ccccc1. The molecule has 0 unspecified atom stereocenters. The molecule has 0 spiro atoms. The third-order valence-electron chi connectivity index (χ3n) is 6.66. The van der Waals surface area contributed by atoms with E-state index in [2.05, 4.69) is 86.9 Å². The minimum absolute atomic E-state index is 0.486. The Balaban J connectivity index is 1.87. The van der Waals surface area contributed by atoms with Gasteiger partial charge in [-0.1, -0.05) is 0 Å². The Labute approximate surface area is 175 Å². The van der Waals surface area contributed by atoms with Crippen LogP contribution >= 0.6 is 0 Å². The molecular formula is C23H34HgSi2. The van der Waals surface area contributed by atoms with Crippen molar-refractivity contribution in [2.75, 3.05) is 0 Å². The van der Waals surface area contributed by atoms with Gasteiger partial charge in [-0.05, 0) is 0 Å². The first-order chi connectivity index (χ1) is 12.3. The second-order valence-electron chi connectivity index (χ2n) is 9.91. The molecule has 0 radical (unpaired) electrons. The van der Waals surface area contributed by atoms with Crippen molar-refractivity contribution in [2.45, 2.75) is 59.0 Å². The van der Waals surface area contributed by atoms with E-state index in [1.54, 1.807) is 31.1 Å². The summed E-state index contributed by atoms with van der Waals surface area (Å²) in [6.07, 6.45) is 3.11. The van der Waals surface area contributed by atoms with Crippen LogP contribution in [0.2, 0.25) is 46.1 Å². The molecule has 0 aromatic heterocycles. The van der Waals surface area contributed by atoms with E-state index in [9.17, 15) is 0 Å². The molecule has 1 heterocycles. The second-order valence-corrected chi connectivity index (χ2v) is 27.6. The summed E-state index contributed by atoms with van der Waals surface area (Å²) >= 11 is -0.486. The summed E-state index contributed by atoms with van der Waals surface area (Å²) in [5.41, 5.74) is 0.634. The summed E-state index contributed by atoms with van der Waals surface area (Å²) in [5.74, 6) is 0. The molecule has 0 amide bonds. The van der Waals surface area contributed by atoms with Crippen molar-refractivity contribution in [3.8, 4) is 0 Å². The van der Waals surface area contributed by atoms with Gasteiger partial charge in [-0.15, -0.1) is 0 Å². The van der Waals surface area contributed by atoms with Crippen LogP contribution in [0.4, 0.5) is 0 Å². The Hall–Kier alpha value is -0.191. The Kier molecular flexibility index (Phi) is 6.67. The molecule has 1 saturated heterocycles. The standard InChI is InChI=1S/C23H34Si2.Hg/c1-7-23(8-2,19-24(3,4)21-15-11-9-12-16-21)20-25(5,6)22-17-13-10-14-18-22;/h9-18H,1-2,7-8,19-20H2,3-6H3;. The molecule has 0 bridgehead atoms. The summed E-state index contributed by atoms with van der Waals surface area (Å²) < 4.78 is 3.33. The Morgan fingerprint density at radius 2 is 1.08 bits per heavy atom. The quantitative estimate of drug-likeness (QED) is 0.381. The number of hydrogen-bond acceptors (Lipinski definition) is 0. The van der Waals surface area contributed by atoms with E-state index < -0.39 is 40.7 Å². The third kappa shape index (κ3) is 4.99. The molecule has 0 nitrogen and oxygen atoms in total. The van der Waals surface area contributed by atoms with Crippen molar-refractivity contribution in [1.82, 2.24) is 0 Å². The first-order valence-corrected chi connectivity index (χ1v) is 24.6. The van der Waals surface area contributed by atoms with Gasteiger partial charge in [0.25, 0.3) is 0 Å². The predicted molar refractivity (Wildman–Crippen MR) is 118 cm³/mol. The summed E-state index contributed by atoms with van der Waals surface area (Å²) in [6, 6.07) is 26.0. The van der Waals surface area contributed by atoms with Crippen LogP contribution in [0.25, 0.3) is 0 Å². The third-order valence-corrected chi connectivity index (χ3v) is 20.4. The van der Waals surface area contributed by atoms with Crippen LogP contribution in [0.3, 0.4) is 0 Å². The zero-order chi connectivity index (χ0) is 18.7. The number of benzene rings is 2. The van der Waals surface area contributed by atoms with Crippen molar-refractivity contribution < 1.29 is 24.6 Å². The molecule has 3 heteroatoms. The van der Waals surface area contributed by atoms with Crippen LogP contribution in [-0.4, -0.2) is 16.1 Å². The molecular weight excluding hydrogens is 533 g/mol. The maximum absolute atomic E-state index is 2.63. The number of rotatable bonds is 6. The van der Waals surface area contributed by atoms with Gasteiger partial charge in [-0.2, -0.15) is 0 Å². The normalized spacial score (nSPS) is 17.2. The predicted octanol–water partition coefficient (Wildman–Crippen LogP) is 5.92. The first-order valence-electron chi connectivity index (χ1n) is 10.4. The van der Waals surface area contributed by atoms with Gasteiger partial charge in [0.05, 0.1) is 0 Å². The monoisotopic (exact) mass is 568 g/mol. The van der Waals surface area contributed by atoms with Crippen molar-refractivity contribution in [3.05, 3.63) is 60.7 Å². The molecule has 0 saturated carbocycles. The molecule has 1 aliphatic rings. The van der Waals surface area contributed by atoms with Crippen LogP contribution < -0.4 is 10.4 Å². The van der Waals surface area contributed by atoms with Crippen LogP contribution in [0.5, 0.6) is 0 Å². The topological polar surface area (TPSA) is 0 Å². The van der Waals surface area contributed by atoms with Crippen molar-refractivity contribution in [1.29, 1.82) is 0 Å². The van der Waals surface area contributed by atoms with Crippen molar-refractivity contribution in [3.63, 3.8) is 0 Å². The van der Waals surface area contributed by atoms with Crippen LogP contribution in [0.1, 0.15) is 12.8 Å². The fraction of sp³-hybridized carbons (Fsp3) is 0.478. The molecule has 3 rings (SSSR count). The van der Waals surface area contributed by atoms with Gasteiger partial charge < -0.3 is 0 Å². The summed E-state index contributed by atoms with van der Waals surface area (Å²) in [6.45, 7) is 10.5. The zero-order valence-electron chi connectivity index (χ0n) is 17.2. The van der Waals surface area contributed by atoms with E-state index >= 15 is 0 Å². The Bertz CT molecular complexity index is 633. The van der Waals surface area contributed by atoms with Gasteiger partial charge in [0.2, 0.25) is 0 Å². The molecule has 26 heavy (non-hydrogen) atoms. The second kappa shape index (κ2) is 8.44. The van der Waals surface area contributed by atoms with Crippen molar-refractivity contribution >= 4 is 26.5 Å². The summed E-state index contributed by atoms with van der Waals surface area (Å²) in [4.78, 5) is 0. The van der Waals surface area contributed by atoms with Gasteiger partial charge >= 0.3 is 176 Å². The van der Waals surface area contributed by atoms with E-state index in [1.807, 2.05) is 0 Å². The molecule has 1 fully saturated rings. The molecule has 1 aliphatic heterocycles. The van der Waals surface area contributed by atoms with E-state index in [0.29, 0.717) is 5.41 Å². The van der Waals surface area contributed by atoms with Crippen LogP contribution in [-0.2, 0) is 24.6 Å². The molecule has 2 aromatic carbocycles. The summed E-state index contributed by atoms with van der Waals surface area (Å²) in [5, 5.41) is 3.32. The van der Waals surface area contributed by atoms with Gasteiger partial charge in [0.15, 0.2) is 0 Å². The Morgan fingerprint density at radius 1 is 0.692 bits per heavy atom.